The molecule has 1 saturated carbocycles. The first-order valence-corrected chi connectivity index (χ1v) is 8.82. The third kappa shape index (κ3) is 3.81. The van der Waals surface area contributed by atoms with Crippen molar-refractivity contribution < 1.29 is 4.79 Å². The van der Waals surface area contributed by atoms with Gasteiger partial charge in [0.15, 0.2) is 0 Å². The van der Waals surface area contributed by atoms with Crippen molar-refractivity contribution in [1.29, 1.82) is 0 Å². The van der Waals surface area contributed by atoms with Gasteiger partial charge in [0.25, 0.3) is 5.91 Å². The zero-order valence-corrected chi connectivity index (χ0v) is 13.3. The van der Waals surface area contributed by atoms with Gasteiger partial charge in [-0.1, -0.05) is 12.8 Å². The summed E-state index contributed by atoms with van der Waals surface area (Å²) in [6.07, 6.45) is 8.60. The van der Waals surface area contributed by atoms with Crippen LogP contribution in [0, 0.1) is 0 Å². The standard InChI is InChI=1S/C15H24N4OS/c16-18-15(20)14-13(11-5-6-11)17-12(21-14)7-10-19-8-3-1-2-4-9-19/h11H,1-10,16H2,(H,18,20). The van der Waals surface area contributed by atoms with Crippen molar-refractivity contribution in [3.63, 3.8) is 0 Å². The molecule has 6 heteroatoms. The maximum absolute atomic E-state index is 11.9. The monoisotopic (exact) mass is 308 g/mol. The number of amides is 1. The number of nitrogens with one attached hydrogen (secondary N) is 1. The highest BCUT2D eigenvalue weighted by Gasteiger charge is 2.31. The number of hydrogen-bond donors (Lipinski definition) is 2. The largest absolute Gasteiger partial charge is 0.303 e. The molecule has 3 N–H and O–H groups in total. The molecule has 0 bridgehead atoms. The lowest BCUT2D eigenvalue weighted by Gasteiger charge is -2.18. The minimum Gasteiger partial charge on any atom is -0.303 e. The molecule has 2 heterocycles. The van der Waals surface area contributed by atoms with Crippen molar-refractivity contribution in [2.45, 2.75) is 50.9 Å². The molecule has 0 radical (unpaired) electrons. The van der Waals surface area contributed by atoms with Crippen LogP contribution in [-0.2, 0) is 6.42 Å². The molecular weight excluding hydrogens is 284 g/mol. The second-order valence-corrected chi connectivity index (χ2v) is 7.16. The average molecular weight is 308 g/mol. The van der Waals surface area contributed by atoms with Gasteiger partial charge in [-0.05, 0) is 38.8 Å². The Morgan fingerprint density at radius 1 is 1.29 bits per heavy atom. The van der Waals surface area contributed by atoms with Gasteiger partial charge in [-0.15, -0.1) is 11.3 Å². The molecule has 1 aromatic heterocycles. The molecule has 0 unspecified atom stereocenters. The number of nitrogens with two attached hydrogens (primary N) is 1. The van der Waals surface area contributed by atoms with E-state index in [2.05, 4.69) is 10.3 Å². The zero-order valence-electron chi connectivity index (χ0n) is 12.4. The van der Waals surface area contributed by atoms with Gasteiger partial charge in [-0.25, -0.2) is 10.8 Å². The Balaban J connectivity index is 1.63. The molecule has 2 fully saturated rings. The predicted octanol–water partition coefficient (Wildman–Crippen LogP) is 2.04. The molecule has 1 aliphatic heterocycles. The summed E-state index contributed by atoms with van der Waals surface area (Å²) in [5.74, 6) is 5.58. The number of thiazole rings is 1. The van der Waals surface area contributed by atoms with E-state index in [9.17, 15) is 4.79 Å². The maximum atomic E-state index is 11.9. The van der Waals surface area contributed by atoms with E-state index in [4.69, 9.17) is 10.8 Å². The van der Waals surface area contributed by atoms with Gasteiger partial charge in [0.2, 0.25) is 0 Å². The highest BCUT2D eigenvalue weighted by molar-refractivity contribution is 7.13. The van der Waals surface area contributed by atoms with E-state index in [1.807, 2.05) is 0 Å². The Bertz CT molecular complexity index is 490. The van der Waals surface area contributed by atoms with Gasteiger partial charge in [0, 0.05) is 18.9 Å². The molecule has 2 aliphatic rings. The van der Waals surface area contributed by atoms with Crippen molar-refractivity contribution in [3.8, 4) is 0 Å². The molecule has 0 aromatic carbocycles. The second kappa shape index (κ2) is 6.85. The molecule has 5 nitrogen and oxygen atoms in total. The van der Waals surface area contributed by atoms with E-state index >= 15 is 0 Å². The highest BCUT2D eigenvalue weighted by Crippen LogP contribution is 2.42. The summed E-state index contributed by atoms with van der Waals surface area (Å²) < 4.78 is 0. The normalized spacial score (nSPS) is 20.2. The number of aromatic nitrogens is 1. The molecule has 1 aliphatic carbocycles. The summed E-state index contributed by atoms with van der Waals surface area (Å²) >= 11 is 1.52. The fourth-order valence-electron chi connectivity index (χ4n) is 2.96. The van der Waals surface area contributed by atoms with Gasteiger partial charge in [0.1, 0.15) is 4.88 Å². The predicted molar refractivity (Wildman–Crippen MR) is 84.4 cm³/mol. The first-order valence-electron chi connectivity index (χ1n) is 8.01. The lowest BCUT2D eigenvalue weighted by atomic mass is 10.2. The quantitative estimate of drug-likeness (QED) is 0.496. The molecule has 21 heavy (non-hydrogen) atoms. The summed E-state index contributed by atoms with van der Waals surface area (Å²) in [4.78, 5) is 19.8. The summed E-state index contributed by atoms with van der Waals surface area (Å²) in [7, 11) is 0. The van der Waals surface area contributed by atoms with Crippen LogP contribution in [0.25, 0.3) is 0 Å². The van der Waals surface area contributed by atoms with Crippen LogP contribution in [0.2, 0.25) is 0 Å². The van der Waals surface area contributed by atoms with Crippen LogP contribution in [-0.4, -0.2) is 35.4 Å². The fourth-order valence-corrected chi connectivity index (χ4v) is 4.00. The van der Waals surface area contributed by atoms with Crippen molar-refractivity contribution in [2.24, 2.45) is 5.84 Å². The van der Waals surface area contributed by atoms with E-state index in [0.717, 1.165) is 41.4 Å². The summed E-state index contributed by atoms with van der Waals surface area (Å²) in [5.41, 5.74) is 3.23. The van der Waals surface area contributed by atoms with E-state index < -0.39 is 0 Å². The Morgan fingerprint density at radius 3 is 2.62 bits per heavy atom. The fraction of sp³-hybridized carbons (Fsp3) is 0.733. The minimum absolute atomic E-state index is 0.185. The highest BCUT2D eigenvalue weighted by atomic mass is 32.1. The average Bonchev–Trinajstić information content (AvgIpc) is 3.30. The van der Waals surface area contributed by atoms with Gasteiger partial charge >= 0.3 is 0 Å². The molecule has 1 aromatic rings. The summed E-state index contributed by atoms with van der Waals surface area (Å²) in [5, 5.41) is 1.08. The molecule has 0 spiro atoms. The van der Waals surface area contributed by atoms with E-state index in [1.54, 1.807) is 0 Å². The Morgan fingerprint density at radius 2 is 2.00 bits per heavy atom. The minimum atomic E-state index is -0.185. The van der Waals surface area contributed by atoms with Crippen molar-refractivity contribution in [2.75, 3.05) is 19.6 Å². The number of nitrogen functional groups attached to an aromatic ring is 1. The van der Waals surface area contributed by atoms with Crippen LogP contribution < -0.4 is 11.3 Å². The Labute approximate surface area is 129 Å². The summed E-state index contributed by atoms with van der Waals surface area (Å²) in [6.45, 7) is 3.47. The van der Waals surface area contributed by atoms with E-state index in [-0.39, 0.29) is 5.91 Å². The number of carbonyl (C=O) groups is 1. The lowest BCUT2D eigenvalue weighted by Crippen LogP contribution is -2.30. The van der Waals surface area contributed by atoms with Crippen molar-refractivity contribution >= 4 is 17.2 Å². The van der Waals surface area contributed by atoms with Crippen LogP contribution in [0.1, 0.15) is 64.8 Å². The van der Waals surface area contributed by atoms with Gasteiger partial charge in [0.05, 0.1) is 10.7 Å². The topological polar surface area (TPSA) is 71.2 Å². The number of likely N-dealkylation sites (tertiary alicyclic amines) is 1. The summed E-state index contributed by atoms with van der Waals surface area (Å²) in [6, 6.07) is 0. The number of nitrogens with zero attached hydrogens (tertiary/aromatic N) is 2. The Hall–Kier alpha value is -0.980. The van der Waals surface area contributed by atoms with Crippen LogP contribution in [0.4, 0.5) is 0 Å². The third-order valence-corrected chi connectivity index (χ3v) is 5.47. The molecule has 116 valence electrons. The van der Waals surface area contributed by atoms with Crippen LogP contribution in [0.5, 0.6) is 0 Å². The van der Waals surface area contributed by atoms with Gasteiger partial charge < -0.3 is 4.90 Å². The number of rotatable bonds is 5. The van der Waals surface area contributed by atoms with Crippen molar-refractivity contribution in [3.05, 3.63) is 15.6 Å². The SMILES string of the molecule is NNC(=O)c1sc(CCN2CCCCCC2)nc1C1CC1. The second-order valence-electron chi connectivity index (χ2n) is 6.08. The van der Waals surface area contributed by atoms with Gasteiger partial charge in [-0.2, -0.15) is 0 Å². The first kappa shape index (κ1) is 14.9. The van der Waals surface area contributed by atoms with Crippen LogP contribution in [0.15, 0.2) is 0 Å². The molecule has 0 atom stereocenters. The van der Waals surface area contributed by atoms with Crippen LogP contribution in [0.3, 0.4) is 0 Å². The Kier molecular flexibility index (Phi) is 4.87. The number of carbonyl (C=O) groups excluding carboxylic acids is 1. The van der Waals surface area contributed by atoms with E-state index in [1.165, 1.54) is 50.1 Å². The van der Waals surface area contributed by atoms with Crippen molar-refractivity contribution in [1.82, 2.24) is 15.3 Å². The zero-order chi connectivity index (χ0) is 14.7. The molecule has 3 rings (SSSR count). The van der Waals surface area contributed by atoms with Gasteiger partial charge in [-0.3, -0.25) is 10.2 Å². The van der Waals surface area contributed by atoms with E-state index in [0.29, 0.717) is 5.92 Å². The van der Waals surface area contributed by atoms with Crippen LogP contribution >= 0.6 is 11.3 Å². The molecule has 1 saturated heterocycles. The molecule has 1 amide bonds. The third-order valence-electron chi connectivity index (χ3n) is 4.34. The lowest BCUT2D eigenvalue weighted by molar-refractivity contribution is 0.0956. The molecular formula is C15H24N4OS. The first-order chi connectivity index (χ1) is 10.3. The number of hydrazine groups is 1. The maximum Gasteiger partial charge on any atom is 0.277 e. The number of hydrogen-bond acceptors (Lipinski definition) is 5. The smallest absolute Gasteiger partial charge is 0.277 e.